The molecule has 0 unspecified atom stereocenters. The molecule has 0 radical (unpaired) electrons. The van der Waals surface area contributed by atoms with E-state index in [0.717, 1.165) is 42.6 Å². The first-order chi connectivity index (χ1) is 15.6. The molecule has 1 saturated heterocycles. The third-order valence-electron chi connectivity index (χ3n) is 5.72. The maximum atomic E-state index is 12.1. The minimum absolute atomic E-state index is 0.0210. The number of anilines is 1. The summed E-state index contributed by atoms with van der Waals surface area (Å²) in [5, 5.41) is 16.6. The van der Waals surface area contributed by atoms with Gasteiger partial charge in [0.05, 0.1) is 18.3 Å². The summed E-state index contributed by atoms with van der Waals surface area (Å²) in [4.78, 5) is 18.4. The number of ether oxygens (including phenoxy) is 2. The lowest BCUT2D eigenvalue weighted by Gasteiger charge is -2.30. The van der Waals surface area contributed by atoms with Gasteiger partial charge < -0.3 is 19.7 Å². The number of nitriles is 1. The highest BCUT2D eigenvalue weighted by Gasteiger charge is 2.30. The number of carbonyl (C=O) groups is 1. The Labute approximate surface area is 185 Å². The summed E-state index contributed by atoms with van der Waals surface area (Å²) in [5.74, 6) is 1.26. The Kier molecular flexibility index (Phi) is 5.47. The molecule has 1 aliphatic heterocycles. The van der Waals surface area contributed by atoms with E-state index >= 15 is 0 Å². The molecular weight excluding hydrogens is 408 g/mol. The smallest absolute Gasteiger partial charge is 0.228 e. The zero-order chi connectivity index (χ0) is 22.1. The second-order valence-corrected chi connectivity index (χ2v) is 8.32. The van der Waals surface area contributed by atoms with E-state index in [9.17, 15) is 10.1 Å². The largest absolute Gasteiger partial charge is 0.489 e. The Morgan fingerprint density at radius 2 is 2.25 bits per heavy atom. The second kappa shape index (κ2) is 8.57. The third kappa shape index (κ3) is 4.42. The van der Waals surface area contributed by atoms with Gasteiger partial charge in [0.1, 0.15) is 30.2 Å². The molecule has 4 heterocycles. The van der Waals surface area contributed by atoms with Crippen molar-refractivity contribution in [1.29, 1.82) is 5.26 Å². The minimum Gasteiger partial charge on any atom is -0.489 e. The van der Waals surface area contributed by atoms with Gasteiger partial charge in [-0.15, -0.1) is 0 Å². The lowest BCUT2D eigenvalue weighted by atomic mass is 10.1. The zero-order valence-electron chi connectivity index (χ0n) is 17.8. The first-order valence-corrected chi connectivity index (χ1v) is 10.7. The molecule has 3 aromatic heterocycles. The summed E-state index contributed by atoms with van der Waals surface area (Å²) in [7, 11) is 2.06. The molecule has 1 amide bonds. The molecule has 32 heavy (non-hydrogen) atoms. The predicted molar refractivity (Wildman–Crippen MR) is 117 cm³/mol. The zero-order valence-corrected chi connectivity index (χ0v) is 17.8. The lowest BCUT2D eigenvalue weighted by Crippen LogP contribution is -2.42. The van der Waals surface area contributed by atoms with Crippen molar-refractivity contribution < 1.29 is 14.3 Å². The maximum Gasteiger partial charge on any atom is 0.228 e. The third-order valence-corrected chi connectivity index (χ3v) is 5.72. The fourth-order valence-electron chi connectivity index (χ4n) is 3.79. The molecule has 5 rings (SSSR count). The van der Waals surface area contributed by atoms with Crippen LogP contribution in [-0.2, 0) is 9.53 Å². The van der Waals surface area contributed by atoms with Crippen LogP contribution in [0.2, 0.25) is 0 Å². The van der Waals surface area contributed by atoms with Crippen molar-refractivity contribution in [2.75, 3.05) is 38.7 Å². The molecule has 164 valence electrons. The van der Waals surface area contributed by atoms with E-state index in [0.29, 0.717) is 30.5 Å². The van der Waals surface area contributed by atoms with Crippen molar-refractivity contribution in [2.45, 2.75) is 18.9 Å². The van der Waals surface area contributed by atoms with Gasteiger partial charge in [0.15, 0.2) is 5.82 Å². The molecule has 1 N–H and O–H groups in total. The first-order valence-electron chi connectivity index (χ1n) is 10.7. The van der Waals surface area contributed by atoms with Gasteiger partial charge in [-0.25, -0.2) is 9.50 Å². The van der Waals surface area contributed by atoms with Crippen molar-refractivity contribution in [3.8, 4) is 22.9 Å². The van der Waals surface area contributed by atoms with Crippen LogP contribution in [0.3, 0.4) is 0 Å². The van der Waals surface area contributed by atoms with Gasteiger partial charge in [0, 0.05) is 36.8 Å². The minimum atomic E-state index is -0.0211. The van der Waals surface area contributed by atoms with Gasteiger partial charge in [-0.1, -0.05) is 0 Å². The van der Waals surface area contributed by atoms with Crippen molar-refractivity contribution in [3.63, 3.8) is 0 Å². The van der Waals surface area contributed by atoms with E-state index in [1.807, 2.05) is 24.4 Å². The molecule has 0 spiro atoms. The monoisotopic (exact) mass is 432 g/mol. The number of nitrogens with zero attached hydrogens (tertiary/aromatic N) is 5. The number of nitrogens with one attached hydrogen (secondary N) is 1. The van der Waals surface area contributed by atoms with Crippen LogP contribution in [0.25, 0.3) is 16.6 Å². The lowest BCUT2D eigenvalue weighted by molar-refractivity contribution is -0.117. The number of likely N-dealkylation sites (N-methyl/N-ethyl adjacent to an activating group) is 1. The van der Waals surface area contributed by atoms with Crippen LogP contribution < -0.4 is 10.1 Å². The number of pyridine rings is 2. The van der Waals surface area contributed by atoms with Crippen molar-refractivity contribution >= 4 is 17.2 Å². The van der Waals surface area contributed by atoms with Crippen LogP contribution in [0.5, 0.6) is 5.75 Å². The average Bonchev–Trinajstić information content (AvgIpc) is 3.58. The molecule has 2 fully saturated rings. The second-order valence-electron chi connectivity index (χ2n) is 8.32. The first kappa shape index (κ1) is 20.4. The number of morpholine rings is 1. The van der Waals surface area contributed by atoms with Gasteiger partial charge in [-0.2, -0.15) is 10.4 Å². The predicted octanol–water partition coefficient (Wildman–Crippen LogP) is 2.33. The summed E-state index contributed by atoms with van der Waals surface area (Å²) in [6, 6.07) is 9.51. The van der Waals surface area contributed by atoms with Crippen LogP contribution in [-0.4, -0.2) is 64.9 Å². The Bertz CT molecular complexity index is 1200. The fourth-order valence-corrected chi connectivity index (χ4v) is 3.79. The van der Waals surface area contributed by atoms with Crippen LogP contribution in [0, 0.1) is 17.2 Å². The van der Waals surface area contributed by atoms with Crippen LogP contribution in [0.1, 0.15) is 18.5 Å². The molecule has 1 saturated carbocycles. The van der Waals surface area contributed by atoms with Crippen molar-refractivity contribution in [3.05, 3.63) is 42.4 Å². The molecule has 0 bridgehead atoms. The van der Waals surface area contributed by atoms with E-state index in [-0.39, 0.29) is 17.9 Å². The molecule has 0 aromatic carbocycles. The molecular formula is C23H24N6O3. The topological polar surface area (TPSA) is 105 Å². The van der Waals surface area contributed by atoms with Crippen molar-refractivity contribution in [1.82, 2.24) is 19.5 Å². The Morgan fingerprint density at radius 1 is 1.38 bits per heavy atom. The highest BCUT2D eigenvalue weighted by molar-refractivity contribution is 5.93. The van der Waals surface area contributed by atoms with E-state index in [2.05, 4.69) is 33.4 Å². The van der Waals surface area contributed by atoms with Crippen LogP contribution in [0.4, 0.5) is 5.82 Å². The summed E-state index contributed by atoms with van der Waals surface area (Å²) < 4.78 is 13.6. The van der Waals surface area contributed by atoms with E-state index in [1.54, 1.807) is 16.8 Å². The van der Waals surface area contributed by atoms with Crippen LogP contribution in [0.15, 0.2) is 36.7 Å². The SMILES string of the molecule is CN1CCO[C@H](COc2cnc(C#N)cc2-c2ccn3nc(NC(=O)C4CC4)cc3c2)C1. The Hall–Kier alpha value is -3.48. The highest BCUT2D eigenvalue weighted by atomic mass is 16.5. The van der Waals surface area contributed by atoms with Gasteiger partial charge in [0.2, 0.25) is 5.91 Å². The average molecular weight is 432 g/mol. The number of rotatable bonds is 6. The van der Waals surface area contributed by atoms with Gasteiger partial charge >= 0.3 is 0 Å². The molecule has 9 heteroatoms. The maximum absolute atomic E-state index is 12.1. The normalized spacial score (nSPS) is 18.9. The highest BCUT2D eigenvalue weighted by Crippen LogP contribution is 2.32. The van der Waals surface area contributed by atoms with Crippen molar-refractivity contribution in [2.24, 2.45) is 5.92 Å². The fraction of sp³-hybridized carbons (Fsp3) is 0.391. The molecule has 9 nitrogen and oxygen atoms in total. The Balaban J connectivity index is 1.40. The van der Waals surface area contributed by atoms with E-state index < -0.39 is 0 Å². The number of aromatic nitrogens is 3. The Morgan fingerprint density at radius 3 is 3.03 bits per heavy atom. The number of fused-ring (bicyclic) bond motifs is 1. The number of hydrogen-bond acceptors (Lipinski definition) is 7. The van der Waals surface area contributed by atoms with Gasteiger partial charge in [0.25, 0.3) is 0 Å². The molecule has 1 aliphatic carbocycles. The number of hydrogen-bond donors (Lipinski definition) is 1. The van der Waals surface area contributed by atoms with E-state index in [1.165, 1.54) is 0 Å². The molecule has 3 aromatic rings. The molecule has 2 aliphatic rings. The van der Waals surface area contributed by atoms with Gasteiger partial charge in [-0.05, 0) is 43.7 Å². The quantitative estimate of drug-likeness (QED) is 0.637. The number of carbonyl (C=O) groups excluding carboxylic acids is 1. The number of amides is 1. The standard InChI is InChI=1S/C23H24N6O3/c1-28-6-7-31-19(13-28)14-32-21-12-25-17(11-24)9-20(21)16-4-5-29-18(8-16)10-22(27-29)26-23(30)15-2-3-15/h4-5,8-10,12,15,19H,2-3,6-7,13-14H2,1H3,(H,26,27,30)/t19-/m0/s1. The van der Waals surface area contributed by atoms with E-state index in [4.69, 9.17) is 9.47 Å². The summed E-state index contributed by atoms with van der Waals surface area (Å²) in [6.45, 7) is 2.79. The molecule has 1 atom stereocenters. The summed E-state index contributed by atoms with van der Waals surface area (Å²) in [6.07, 6.45) is 5.27. The van der Waals surface area contributed by atoms with Gasteiger partial charge in [-0.3, -0.25) is 4.79 Å². The van der Waals surface area contributed by atoms with Crippen LogP contribution >= 0.6 is 0 Å². The summed E-state index contributed by atoms with van der Waals surface area (Å²) in [5.41, 5.74) is 2.78. The summed E-state index contributed by atoms with van der Waals surface area (Å²) >= 11 is 0.